The molecule has 0 aromatic carbocycles. The molecule has 1 amide bonds. The molecule has 134 valence electrons. The van der Waals surface area contributed by atoms with Gasteiger partial charge in [-0.3, -0.25) is 9.48 Å². The minimum atomic E-state index is 0.00698. The predicted molar refractivity (Wildman–Crippen MR) is 91.6 cm³/mol. The first-order chi connectivity index (χ1) is 11.8. The second kappa shape index (κ2) is 8.60. The van der Waals surface area contributed by atoms with Crippen molar-refractivity contribution in [2.45, 2.75) is 76.8 Å². The molecule has 1 aromatic rings. The van der Waals surface area contributed by atoms with Gasteiger partial charge >= 0.3 is 0 Å². The molecule has 6 nitrogen and oxygen atoms in total. The van der Waals surface area contributed by atoms with E-state index in [0.717, 1.165) is 45.2 Å². The molecule has 1 unspecified atom stereocenters. The summed E-state index contributed by atoms with van der Waals surface area (Å²) in [5.41, 5.74) is 0.474. The summed E-state index contributed by atoms with van der Waals surface area (Å²) in [4.78, 5) is 14.8. The molecule has 1 aliphatic heterocycles. The lowest BCUT2D eigenvalue weighted by molar-refractivity contribution is 0.0584. The van der Waals surface area contributed by atoms with Gasteiger partial charge in [-0.25, -0.2) is 0 Å². The van der Waals surface area contributed by atoms with Crippen LogP contribution in [0, 0.1) is 5.92 Å². The topological polar surface area (TPSA) is 71.2 Å². The summed E-state index contributed by atoms with van der Waals surface area (Å²) < 4.78 is 1.86. The van der Waals surface area contributed by atoms with Crippen molar-refractivity contribution in [2.75, 3.05) is 13.2 Å². The SMILES string of the molecule is O=C(c1cn(CC2CCCCC2)nn1)N1CCCCC1CCCO. The van der Waals surface area contributed by atoms with Crippen molar-refractivity contribution in [1.29, 1.82) is 0 Å². The van der Waals surface area contributed by atoms with E-state index in [-0.39, 0.29) is 18.6 Å². The monoisotopic (exact) mass is 334 g/mol. The molecule has 1 atom stereocenters. The fraction of sp³-hybridized carbons (Fsp3) is 0.833. The molecule has 3 rings (SSSR count). The minimum Gasteiger partial charge on any atom is -0.396 e. The van der Waals surface area contributed by atoms with Gasteiger partial charge in [0.1, 0.15) is 0 Å². The number of carbonyl (C=O) groups excluding carboxylic acids is 1. The van der Waals surface area contributed by atoms with Gasteiger partial charge in [0.25, 0.3) is 5.91 Å². The van der Waals surface area contributed by atoms with Gasteiger partial charge in [-0.2, -0.15) is 0 Å². The molecule has 1 saturated carbocycles. The summed E-state index contributed by atoms with van der Waals surface area (Å²) >= 11 is 0. The van der Waals surface area contributed by atoms with Crippen molar-refractivity contribution in [1.82, 2.24) is 19.9 Å². The minimum absolute atomic E-state index is 0.00698. The van der Waals surface area contributed by atoms with Crippen LogP contribution < -0.4 is 0 Å². The number of likely N-dealkylation sites (tertiary alicyclic amines) is 1. The summed E-state index contributed by atoms with van der Waals surface area (Å²) in [5.74, 6) is 0.684. The van der Waals surface area contributed by atoms with Gasteiger partial charge < -0.3 is 10.0 Å². The average molecular weight is 334 g/mol. The molecule has 2 heterocycles. The maximum atomic E-state index is 12.8. The van der Waals surface area contributed by atoms with E-state index >= 15 is 0 Å². The lowest BCUT2D eigenvalue weighted by Crippen LogP contribution is -2.44. The highest BCUT2D eigenvalue weighted by Gasteiger charge is 2.28. The molecule has 0 bridgehead atoms. The van der Waals surface area contributed by atoms with E-state index in [1.54, 1.807) is 0 Å². The quantitative estimate of drug-likeness (QED) is 0.868. The Morgan fingerprint density at radius 1 is 1.17 bits per heavy atom. The van der Waals surface area contributed by atoms with E-state index in [2.05, 4.69) is 10.3 Å². The Labute approximate surface area is 144 Å². The van der Waals surface area contributed by atoms with Crippen LogP contribution in [0.25, 0.3) is 0 Å². The third kappa shape index (κ3) is 4.35. The van der Waals surface area contributed by atoms with E-state index in [0.29, 0.717) is 11.6 Å². The molecule has 1 aromatic heterocycles. The second-order valence-corrected chi connectivity index (χ2v) is 7.34. The van der Waals surface area contributed by atoms with E-state index in [9.17, 15) is 4.79 Å². The highest BCUT2D eigenvalue weighted by molar-refractivity contribution is 5.92. The predicted octanol–water partition coefficient (Wildman–Crippen LogP) is 2.63. The van der Waals surface area contributed by atoms with Gasteiger partial charge in [0.15, 0.2) is 5.69 Å². The summed E-state index contributed by atoms with van der Waals surface area (Å²) in [6.45, 7) is 1.87. The number of nitrogens with zero attached hydrogens (tertiary/aromatic N) is 4. The van der Waals surface area contributed by atoms with Crippen molar-refractivity contribution in [3.8, 4) is 0 Å². The fourth-order valence-corrected chi connectivity index (χ4v) is 4.16. The molecule has 6 heteroatoms. The van der Waals surface area contributed by atoms with E-state index < -0.39 is 0 Å². The summed E-state index contributed by atoms with van der Waals surface area (Å²) in [5, 5.41) is 17.4. The first kappa shape index (κ1) is 17.4. The Hall–Kier alpha value is -1.43. The lowest BCUT2D eigenvalue weighted by Gasteiger charge is -2.35. The average Bonchev–Trinajstić information content (AvgIpc) is 3.09. The van der Waals surface area contributed by atoms with Gasteiger partial charge in [0.05, 0.1) is 6.20 Å². The lowest BCUT2D eigenvalue weighted by atomic mass is 9.89. The molecule has 2 aliphatic rings. The van der Waals surface area contributed by atoms with Gasteiger partial charge in [-0.1, -0.05) is 24.5 Å². The number of hydrogen-bond acceptors (Lipinski definition) is 4. The van der Waals surface area contributed by atoms with E-state index in [1.165, 1.54) is 32.1 Å². The Kier molecular flexibility index (Phi) is 6.24. The summed E-state index contributed by atoms with van der Waals surface area (Å²) in [7, 11) is 0. The van der Waals surface area contributed by atoms with Crippen LogP contribution >= 0.6 is 0 Å². The largest absolute Gasteiger partial charge is 0.396 e. The van der Waals surface area contributed by atoms with Crippen LogP contribution in [0.2, 0.25) is 0 Å². The van der Waals surface area contributed by atoms with E-state index in [4.69, 9.17) is 5.11 Å². The van der Waals surface area contributed by atoms with Crippen LogP contribution in [0.5, 0.6) is 0 Å². The summed E-state index contributed by atoms with van der Waals surface area (Å²) in [6, 6.07) is 0.238. The van der Waals surface area contributed by atoms with Crippen molar-refractivity contribution in [3.05, 3.63) is 11.9 Å². The number of piperidine rings is 1. The van der Waals surface area contributed by atoms with Crippen molar-refractivity contribution >= 4 is 5.91 Å². The van der Waals surface area contributed by atoms with Gasteiger partial charge in [-0.15, -0.1) is 5.10 Å². The Morgan fingerprint density at radius 2 is 1.96 bits per heavy atom. The zero-order chi connectivity index (χ0) is 16.8. The number of aliphatic hydroxyl groups is 1. The van der Waals surface area contributed by atoms with Gasteiger partial charge in [-0.05, 0) is 50.9 Å². The molecule has 0 radical (unpaired) electrons. The Bertz CT molecular complexity index is 525. The smallest absolute Gasteiger partial charge is 0.276 e. The molecule has 2 fully saturated rings. The molecule has 1 N–H and O–H groups in total. The molecular formula is C18H30N4O2. The normalized spacial score (nSPS) is 22.7. The third-order valence-electron chi connectivity index (χ3n) is 5.51. The van der Waals surface area contributed by atoms with Crippen LogP contribution in [-0.4, -0.2) is 50.1 Å². The van der Waals surface area contributed by atoms with E-state index in [1.807, 2.05) is 15.8 Å². The number of hydrogen-bond donors (Lipinski definition) is 1. The zero-order valence-corrected chi connectivity index (χ0v) is 14.6. The maximum absolute atomic E-state index is 12.8. The Balaban J connectivity index is 1.61. The molecular weight excluding hydrogens is 304 g/mol. The van der Waals surface area contributed by atoms with Crippen LogP contribution in [0.15, 0.2) is 6.20 Å². The van der Waals surface area contributed by atoms with Crippen LogP contribution in [0.1, 0.15) is 74.7 Å². The van der Waals surface area contributed by atoms with Crippen molar-refractivity contribution in [3.63, 3.8) is 0 Å². The Morgan fingerprint density at radius 3 is 2.75 bits per heavy atom. The van der Waals surface area contributed by atoms with Crippen LogP contribution in [0.4, 0.5) is 0 Å². The maximum Gasteiger partial charge on any atom is 0.276 e. The van der Waals surface area contributed by atoms with Crippen LogP contribution in [-0.2, 0) is 6.54 Å². The third-order valence-corrected chi connectivity index (χ3v) is 5.51. The highest BCUT2D eigenvalue weighted by Crippen LogP contribution is 2.25. The number of aromatic nitrogens is 3. The highest BCUT2D eigenvalue weighted by atomic mass is 16.3. The second-order valence-electron chi connectivity index (χ2n) is 7.34. The zero-order valence-electron chi connectivity index (χ0n) is 14.6. The standard InChI is InChI=1S/C18H30N4O2/c23-12-6-10-16-9-4-5-11-22(16)18(24)17-14-21(20-19-17)13-15-7-2-1-3-8-15/h14-16,23H,1-13H2. The van der Waals surface area contributed by atoms with Crippen molar-refractivity contribution in [2.24, 2.45) is 5.92 Å². The number of rotatable bonds is 6. The van der Waals surface area contributed by atoms with Crippen LogP contribution in [0.3, 0.4) is 0 Å². The molecule has 1 aliphatic carbocycles. The molecule has 24 heavy (non-hydrogen) atoms. The van der Waals surface area contributed by atoms with Crippen molar-refractivity contribution < 1.29 is 9.90 Å². The molecule has 1 saturated heterocycles. The number of carbonyl (C=O) groups is 1. The van der Waals surface area contributed by atoms with Gasteiger partial charge in [0, 0.05) is 25.7 Å². The number of amides is 1. The first-order valence-electron chi connectivity index (χ1n) is 9.60. The number of aliphatic hydroxyl groups excluding tert-OH is 1. The fourth-order valence-electron chi connectivity index (χ4n) is 4.16. The van der Waals surface area contributed by atoms with Gasteiger partial charge in [0.2, 0.25) is 0 Å². The first-order valence-corrected chi connectivity index (χ1v) is 9.60. The molecule has 0 spiro atoms. The summed E-state index contributed by atoms with van der Waals surface area (Å²) in [6.07, 6.45) is 13.2.